The van der Waals surface area contributed by atoms with Gasteiger partial charge in [-0.1, -0.05) is 37.4 Å². The number of likely N-dealkylation sites (N-methyl/N-ethyl adjacent to an activating group) is 2. The zero-order valence-corrected chi connectivity index (χ0v) is 42.2. The van der Waals surface area contributed by atoms with Gasteiger partial charge in [-0.3, -0.25) is 19.3 Å². The molecule has 3 spiro atoms. The van der Waals surface area contributed by atoms with Gasteiger partial charge in [0.1, 0.15) is 23.3 Å². The van der Waals surface area contributed by atoms with E-state index in [1.54, 1.807) is 24.3 Å². The predicted molar refractivity (Wildman–Crippen MR) is 270 cm³/mol. The Hall–Kier alpha value is -5.81. The monoisotopic (exact) mass is 1010 g/mol. The van der Waals surface area contributed by atoms with Gasteiger partial charge in [0.2, 0.25) is 0 Å². The molecule has 3 saturated heterocycles. The lowest BCUT2D eigenvalue weighted by Gasteiger charge is -2.64. The Balaban J connectivity index is 0.000000107. The van der Waals surface area contributed by atoms with Crippen LogP contribution in [-0.2, 0) is 49.9 Å². The first kappa shape index (κ1) is 47.9. The molecule has 6 heterocycles. The third kappa shape index (κ3) is 5.45. The molecule has 2 saturated carbocycles. The Bertz CT molecular complexity index is 3090. The fourth-order valence-electron chi connectivity index (χ4n) is 18.1. The molecule has 388 valence electrons. The zero-order chi connectivity index (χ0) is 51.9. The van der Waals surface area contributed by atoms with Gasteiger partial charge in [0, 0.05) is 74.3 Å². The van der Waals surface area contributed by atoms with Crippen LogP contribution in [0.4, 0.5) is 0 Å². The van der Waals surface area contributed by atoms with Crippen molar-refractivity contribution in [3.8, 4) is 34.5 Å². The van der Waals surface area contributed by atoms with Gasteiger partial charge in [-0.25, -0.2) is 0 Å². The van der Waals surface area contributed by atoms with Gasteiger partial charge in [-0.05, 0) is 84.9 Å². The molecule has 15 rings (SSSR count). The van der Waals surface area contributed by atoms with E-state index in [-0.39, 0.29) is 52.7 Å². The summed E-state index contributed by atoms with van der Waals surface area (Å²) >= 11 is 0. The molecule has 15 nitrogen and oxygen atoms in total. The minimum absolute atomic E-state index is 0.00134. The van der Waals surface area contributed by atoms with Crippen molar-refractivity contribution in [1.82, 2.24) is 4.90 Å². The van der Waals surface area contributed by atoms with E-state index in [0.717, 1.165) is 83.6 Å². The summed E-state index contributed by atoms with van der Waals surface area (Å²) in [6.07, 6.45) is 12.4. The highest BCUT2D eigenvalue weighted by molar-refractivity contribution is 5.99. The van der Waals surface area contributed by atoms with Crippen molar-refractivity contribution in [1.29, 1.82) is 0 Å². The average molecular weight is 1010 g/mol. The summed E-state index contributed by atoms with van der Waals surface area (Å²) in [5.74, 6) is 1.37. The van der Waals surface area contributed by atoms with Gasteiger partial charge in [0.15, 0.2) is 70.2 Å². The smallest absolute Gasteiger partial charge is 0.197 e. The molecule has 8 unspecified atom stereocenters. The molecular formula is C59H67N3O12+2. The van der Waals surface area contributed by atoms with Crippen LogP contribution in [0.15, 0.2) is 86.5 Å². The second-order valence-corrected chi connectivity index (χ2v) is 24.1. The first-order valence-corrected chi connectivity index (χ1v) is 26.5. The molecule has 3 aromatic carbocycles. The Morgan fingerprint density at radius 3 is 1.64 bits per heavy atom. The molecule has 14 atom stereocenters. The predicted octanol–water partition coefficient (Wildman–Crippen LogP) is 3.97. The van der Waals surface area contributed by atoms with Gasteiger partial charge >= 0.3 is 0 Å². The topological polar surface area (TPSA) is 204 Å². The van der Waals surface area contributed by atoms with E-state index in [4.69, 9.17) is 14.2 Å². The summed E-state index contributed by atoms with van der Waals surface area (Å²) in [6, 6.07) is 10.6. The van der Waals surface area contributed by atoms with Crippen molar-refractivity contribution in [3.63, 3.8) is 0 Å². The maximum atomic E-state index is 12.7. The molecule has 3 aromatic rings. The van der Waals surface area contributed by atoms with E-state index < -0.39 is 51.4 Å². The van der Waals surface area contributed by atoms with Gasteiger partial charge in [0.05, 0.1) is 62.1 Å². The van der Waals surface area contributed by atoms with Crippen molar-refractivity contribution in [2.45, 2.75) is 134 Å². The number of carbonyl (C=O) groups excluding carboxylic acids is 3. The molecule has 5 fully saturated rings. The second-order valence-electron chi connectivity index (χ2n) is 24.1. The zero-order valence-electron chi connectivity index (χ0n) is 42.2. The minimum atomic E-state index is -1.17. The molecule has 12 aliphatic rings. The van der Waals surface area contributed by atoms with Crippen LogP contribution in [0.1, 0.15) is 78.3 Å². The number of benzene rings is 3. The summed E-state index contributed by atoms with van der Waals surface area (Å²) in [5, 5.41) is 66.7. The van der Waals surface area contributed by atoms with Crippen LogP contribution in [0.5, 0.6) is 34.5 Å². The maximum Gasteiger partial charge on any atom is 0.197 e. The highest BCUT2D eigenvalue weighted by atomic mass is 16.5. The number of hydrogen-bond acceptors (Lipinski definition) is 13. The Kier molecular flexibility index (Phi) is 9.97. The van der Waals surface area contributed by atoms with E-state index in [9.17, 15) is 45.0 Å². The second kappa shape index (κ2) is 15.4. The minimum Gasteiger partial charge on any atom is -0.504 e. The number of rotatable bonds is 6. The van der Waals surface area contributed by atoms with Crippen molar-refractivity contribution < 1.29 is 68.2 Å². The summed E-state index contributed by atoms with van der Waals surface area (Å²) in [6.45, 7) is 16.4. The highest BCUT2D eigenvalue weighted by Gasteiger charge is 2.78. The number of piperidine rings is 3. The van der Waals surface area contributed by atoms with E-state index in [2.05, 4.69) is 38.7 Å². The number of likely N-dealkylation sites (tertiary alicyclic amines) is 3. The van der Waals surface area contributed by atoms with Gasteiger partial charge in [-0.15, -0.1) is 6.58 Å². The quantitative estimate of drug-likeness (QED) is 0.153. The molecule has 74 heavy (non-hydrogen) atoms. The lowest BCUT2D eigenvalue weighted by atomic mass is 9.48. The van der Waals surface area contributed by atoms with Crippen LogP contribution >= 0.6 is 0 Å². The summed E-state index contributed by atoms with van der Waals surface area (Å²) < 4.78 is 19.4. The van der Waals surface area contributed by atoms with Crippen molar-refractivity contribution in [2.24, 2.45) is 0 Å². The number of phenolic OH excluding ortho intramolecular Hbond substituents is 3. The molecule has 6 aliphatic carbocycles. The SMILES string of the molecule is C=CCN1CCC23c4c5ccc(O)c4O[C@H]2C(=O)CC[C@@]3(O)C1C5.C=CC[N+]1(C)CCC23c4c5ccc(O)c4O[C@H]2C(=O)C=C[C@@]3(O)C1C5.C=CC[N+]1(C)CCC23c4c5ccc(O)c4O[C@H]2C(=O)CC[C@@]3(O)C1C5. The molecule has 15 heteroatoms. The van der Waals surface area contributed by atoms with E-state index in [0.29, 0.717) is 79.5 Å². The van der Waals surface area contributed by atoms with Crippen LogP contribution in [-0.4, -0.2) is 168 Å². The Morgan fingerprint density at radius 1 is 0.608 bits per heavy atom. The molecule has 6 bridgehead atoms. The average Bonchev–Trinajstić information content (AvgIpc) is 4.06. The van der Waals surface area contributed by atoms with Gasteiger partial charge < -0.3 is 53.8 Å². The molecule has 0 aromatic heterocycles. The van der Waals surface area contributed by atoms with Crippen LogP contribution in [0, 0.1) is 0 Å². The highest BCUT2D eigenvalue weighted by Crippen LogP contribution is 2.68. The van der Waals surface area contributed by atoms with Crippen LogP contribution < -0.4 is 14.2 Å². The third-order valence-corrected chi connectivity index (χ3v) is 21.2. The molecular weight excluding hydrogens is 943 g/mol. The number of nitrogens with zero attached hydrogens (tertiary/aromatic N) is 3. The molecule has 0 radical (unpaired) electrons. The lowest BCUT2D eigenvalue weighted by Crippen LogP contribution is -2.80. The number of aromatic hydroxyl groups is 3. The van der Waals surface area contributed by atoms with Crippen molar-refractivity contribution >= 4 is 17.3 Å². The van der Waals surface area contributed by atoms with Crippen LogP contribution in [0.2, 0.25) is 0 Å². The summed E-state index contributed by atoms with van der Waals surface area (Å²) in [5.41, 5.74) is 0.493. The van der Waals surface area contributed by atoms with E-state index in [1.165, 1.54) is 6.08 Å². The first-order chi connectivity index (χ1) is 35.3. The number of ketones is 3. The third-order valence-electron chi connectivity index (χ3n) is 21.2. The van der Waals surface area contributed by atoms with Crippen molar-refractivity contribution in [3.05, 3.63) is 120 Å². The largest absolute Gasteiger partial charge is 0.504 e. The number of hydrogen-bond donors (Lipinski definition) is 6. The number of aliphatic hydroxyl groups is 3. The number of ether oxygens (including phenoxy) is 3. The number of carbonyl (C=O) groups is 3. The van der Waals surface area contributed by atoms with Crippen LogP contribution in [0.25, 0.3) is 0 Å². The van der Waals surface area contributed by atoms with Gasteiger partial charge in [-0.2, -0.15) is 0 Å². The summed E-state index contributed by atoms with van der Waals surface area (Å²) in [4.78, 5) is 40.3. The Labute approximate surface area is 430 Å². The summed E-state index contributed by atoms with van der Waals surface area (Å²) in [7, 11) is 4.34. The standard InChI is InChI=1S/C20H23NO4.C20H21NO4.C19H21NO4/c2*1-3-9-21(2)10-8-19-16-12-4-5-13(22)17(16)25-18(19)14(23)6-7-20(19,24)15(21)11-12;1-2-8-20-9-7-18-15-11-3-4-12(21)16(15)24-17(18)13(22)5-6-19(18,23)14(20)10-11/h3-5,15,18,24H,1,6-11H2,2H3;3-7,15,18,24H,1,8-11H2,2H3;2-4,14,17,21,23H,1,5-10H2/p+2/t2*15?,18-,19?,20+,21?;14?,17-,18?,19+/m000/s1. The molecule has 0 amide bonds. The number of Topliss-reactive ketones (excluding diaryl/α,β-unsaturated/α-hetero) is 2. The lowest BCUT2D eigenvalue weighted by molar-refractivity contribution is -0.944. The van der Waals surface area contributed by atoms with Crippen LogP contribution in [0.3, 0.4) is 0 Å². The number of phenols is 3. The first-order valence-electron chi connectivity index (χ1n) is 26.5. The van der Waals surface area contributed by atoms with Gasteiger partial charge in [0.25, 0.3) is 0 Å². The number of quaternary nitrogens is 2. The Morgan fingerprint density at radius 2 is 1.08 bits per heavy atom. The fraction of sp³-hybridized carbons (Fsp3) is 0.508. The van der Waals surface area contributed by atoms with E-state index in [1.807, 2.05) is 36.4 Å². The normalized spacial score (nSPS) is 41.8. The molecule has 6 aliphatic heterocycles. The molecule has 6 N–H and O–H groups in total. The fourth-order valence-corrected chi connectivity index (χ4v) is 18.1. The maximum absolute atomic E-state index is 12.7. The van der Waals surface area contributed by atoms with Crippen molar-refractivity contribution in [2.75, 3.05) is 53.4 Å². The van der Waals surface area contributed by atoms with E-state index >= 15 is 0 Å².